The molecule has 0 aliphatic carbocycles. The number of halogens is 1. The SMILES string of the molecule is COc1cc(C(=O)NCC(C)(O)c2ccco2)ccc1F. The van der Waals surface area contributed by atoms with E-state index < -0.39 is 17.3 Å². The number of amides is 1. The molecule has 0 saturated heterocycles. The molecule has 21 heavy (non-hydrogen) atoms. The summed E-state index contributed by atoms with van der Waals surface area (Å²) in [6.07, 6.45) is 1.44. The maximum Gasteiger partial charge on any atom is 0.251 e. The Bertz CT molecular complexity index is 623. The Labute approximate surface area is 121 Å². The van der Waals surface area contributed by atoms with E-state index in [-0.39, 0.29) is 17.9 Å². The number of nitrogens with one attached hydrogen (secondary N) is 1. The van der Waals surface area contributed by atoms with E-state index in [1.54, 1.807) is 12.1 Å². The third kappa shape index (κ3) is 3.41. The molecular formula is C15H16FNO4. The molecule has 0 bridgehead atoms. The van der Waals surface area contributed by atoms with Gasteiger partial charge in [-0.1, -0.05) is 0 Å². The summed E-state index contributed by atoms with van der Waals surface area (Å²) in [5.74, 6) is -0.656. The molecule has 5 nitrogen and oxygen atoms in total. The predicted octanol–water partition coefficient (Wildman–Crippen LogP) is 2.06. The number of carbonyl (C=O) groups is 1. The minimum Gasteiger partial charge on any atom is -0.494 e. The summed E-state index contributed by atoms with van der Waals surface area (Å²) in [7, 11) is 1.32. The fourth-order valence-corrected chi connectivity index (χ4v) is 1.83. The number of aliphatic hydroxyl groups is 1. The van der Waals surface area contributed by atoms with Crippen molar-refractivity contribution < 1.29 is 23.4 Å². The first kappa shape index (κ1) is 15.1. The second-order valence-electron chi connectivity index (χ2n) is 4.78. The minimum absolute atomic E-state index is 0.0135. The second kappa shape index (κ2) is 5.97. The molecule has 1 unspecified atom stereocenters. The van der Waals surface area contributed by atoms with Gasteiger partial charge in [-0.15, -0.1) is 0 Å². The van der Waals surface area contributed by atoms with Gasteiger partial charge < -0.3 is 19.6 Å². The van der Waals surface area contributed by atoms with E-state index in [2.05, 4.69) is 5.32 Å². The zero-order valence-electron chi connectivity index (χ0n) is 11.7. The highest BCUT2D eigenvalue weighted by atomic mass is 19.1. The van der Waals surface area contributed by atoms with Crippen LogP contribution in [0.2, 0.25) is 0 Å². The molecule has 2 aromatic rings. The number of benzene rings is 1. The van der Waals surface area contributed by atoms with Crippen LogP contribution < -0.4 is 10.1 Å². The molecule has 6 heteroatoms. The molecule has 1 aromatic heterocycles. The fraction of sp³-hybridized carbons (Fsp3) is 0.267. The summed E-state index contributed by atoms with van der Waals surface area (Å²) >= 11 is 0. The van der Waals surface area contributed by atoms with Crippen molar-refractivity contribution >= 4 is 5.91 Å². The van der Waals surface area contributed by atoms with Crippen LogP contribution in [0.3, 0.4) is 0 Å². The number of furan rings is 1. The highest BCUT2D eigenvalue weighted by Gasteiger charge is 2.27. The quantitative estimate of drug-likeness (QED) is 0.885. The van der Waals surface area contributed by atoms with Crippen LogP contribution in [-0.2, 0) is 5.60 Å². The molecule has 1 amide bonds. The van der Waals surface area contributed by atoms with Crippen molar-refractivity contribution in [2.24, 2.45) is 0 Å². The van der Waals surface area contributed by atoms with E-state index in [4.69, 9.17) is 9.15 Å². The number of hydrogen-bond acceptors (Lipinski definition) is 4. The molecule has 0 aliphatic heterocycles. The van der Waals surface area contributed by atoms with Crippen molar-refractivity contribution in [1.82, 2.24) is 5.32 Å². The van der Waals surface area contributed by atoms with Crippen LogP contribution in [-0.4, -0.2) is 24.7 Å². The standard InChI is InChI=1S/C15H16FNO4/c1-15(19,13-4-3-7-21-13)9-17-14(18)10-5-6-11(16)12(8-10)20-2/h3-8,19H,9H2,1-2H3,(H,17,18). The zero-order chi connectivity index (χ0) is 15.5. The second-order valence-corrected chi connectivity index (χ2v) is 4.78. The van der Waals surface area contributed by atoms with Gasteiger partial charge in [0.2, 0.25) is 0 Å². The maximum absolute atomic E-state index is 13.3. The maximum atomic E-state index is 13.3. The monoisotopic (exact) mass is 293 g/mol. The van der Waals surface area contributed by atoms with Crippen molar-refractivity contribution in [3.05, 3.63) is 53.7 Å². The van der Waals surface area contributed by atoms with Crippen LogP contribution in [0, 0.1) is 5.82 Å². The van der Waals surface area contributed by atoms with Crippen LogP contribution in [0.5, 0.6) is 5.75 Å². The summed E-state index contributed by atoms with van der Waals surface area (Å²) in [6, 6.07) is 7.06. The lowest BCUT2D eigenvalue weighted by molar-refractivity contribution is 0.0330. The van der Waals surface area contributed by atoms with E-state index in [9.17, 15) is 14.3 Å². The lowest BCUT2D eigenvalue weighted by Gasteiger charge is -2.21. The van der Waals surface area contributed by atoms with Gasteiger partial charge in [-0.2, -0.15) is 0 Å². The van der Waals surface area contributed by atoms with Gasteiger partial charge in [0, 0.05) is 5.56 Å². The lowest BCUT2D eigenvalue weighted by atomic mass is 10.0. The van der Waals surface area contributed by atoms with E-state index in [1.165, 1.54) is 32.4 Å². The van der Waals surface area contributed by atoms with E-state index >= 15 is 0 Å². The summed E-state index contributed by atoms with van der Waals surface area (Å²) in [5.41, 5.74) is -1.09. The highest BCUT2D eigenvalue weighted by molar-refractivity contribution is 5.94. The average Bonchev–Trinajstić information content (AvgIpc) is 3.00. The normalized spacial score (nSPS) is 13.5. The molecule has 0 aliphatic rings. The van der Waals surface area contributed by atoms with E-state index in [0.717, 1.165) is 6.07 Å². The Morgan fingerprint density at radius 2 is 2.24 bits per heavy atom. The summed E-state index contributed by atoms with van der Waals surface area (Å²) in [5, 5.41) is 12.8. The number of ether oxygens (including phenoxy) is 1. The van der Waals surface area contributed by atoms with Crippen LogP contribution in [0.4, 0.5) is 4.39 Å². The Morgan fingerprint density at radius 1 is 1.48 bits per heavy atom. The number of methoxy groups -OCH3 is 1. The molecule has 0 spiro atoms. The molecule has 1 aromatic carbocycles. The highest BCUT2D eigenvalue weighted by Crippen LogP contribution is 2.21. The molecule has 0 saturated carbocycles. The number of hydrogen-bond donors (Lipinski definition) is 2. The predicted molar refractivity (Wildman–Crippen MR) is 73.6 cm³/mol. The molecular weight excluding hydrogens is 277 g/mol. The third-order valence-electron chi connectivity index (χ3n) is 3.06. The van der Waals surface area contributed by atoms with E-state index in [1.807, 2.05) is 0 Å². The van der Waals surface area contributed by atoms with Gasteiger partial charge in [0.15, 0.2) is 11.6 Å². The first-order valence-corrected chi connectivity index (χ1v) is 6.32. The van der Waals surface area contributed by atoms with Crippen LogP contribution in [0.15, 0.2) is 41.0 Å². The molecule has 0 fully saturated rings. The van der Waals surface area contributed by atoms with E-state index in [0.29, 0.717) is 5.76 Å². The first-order chi connectivity index (χ1) is 9.94. The summed E-state index contributed by atoms with van der Waals surface area (Å²) in [6.45, 7) is 1.48. The molecule has 0 radical (unpaired) electrons. The van der Waals surface area contributed by atoms with Crippen molar-refractivity contribution in [3.63, 3.8) is 0 Å². The van der Waals surface area contributed by atoms with Gasteiger partial charge >= 0.3 is 0 Å². The Morgan fingerprint density at radius 3 is 2.86 bits per heavy atom. The van der Waals surface area contributed by atoms with Crippen molar-refractivity contribution in [1.29, 1.82) is 0 Å². The lowest BCUT2D eigenvalue weighted by Crippen LogP contribution is -2.38. The van der Waals surface area contributed by atoms with Crippen LogP contribution in [0.1, 0.15) is 23.0 Å². The topological polar surface area (TPSA) is 71.7 Å². The Hall–Kier alpha value is -2.34. The van der Waals surface area contributed by atoms with Gasteiger partial charge in [-0.3, -0.25) is 4.79 Å². The molecule has 1 heterocycles. The molecule has 2 rings (SSSR count). The van der Waals surface area contributed by atoms with Gasteiger partial charge in [-0.05, 0) is 37.3 Å². The van der Waals surface area contributed by atoms with Gasteiger partial charge in [0.25, 0.3) is 5.91 Å². The van der Waals surface area contributed by atoms with Crippen LogP contribution >= 0.6 is 0 Å². The van der Waals surface area contributed by atoms with Crippen molar-refractivity contribution in [3.8, 4) is 5.75 Å². The minimum atomic E-state index is -1.33. The van der Waals surface area contributed by atoms with Gasteiger partial charge in [0.05, 0.1) is 19.9 Å². The molecule has 112 valence electrons. The molecule has 2 N–H and O–H groups in total. The number of carbonyl (C=O) groups excluding carboxylic acids is 1. The average molecular weight is 293 g/mol. The largest absolute Gasteiger partial charge is 0.494 e. The van der Waals surface area contributed by atoms with Crippen LogP contribution in [0.25, 0.3) is 0 Å². The Kier molecular flexibility index (Phi) is 4.28. The molecule has 1 atom stereocenters. The summed E-state index contributed by atoms with van der Waals surface area (Å²) in [4.78, 5) is 12.0. The third-order valence-corrected chi connectivity index (χ3v) is 3.06. The smallest absolute Gasteiger partial charge is 0.251 e. The van der Waals surface area contributed by atoms with Crippen molar-refractivity contribution in [2.45, 2.75) is 12.5 Å². The first-order valence-electron chi connectivity index (χ1n) is 6.32. The fourth-order valence-electron chi connectivity index (χ4n) is 1.83. The number of rotatable bonds is 5. The summed E-state index contributed by atoms with van der Waals surface area (Å²) < 4.78 is 23.2. The Balaban J connectivity index is 2.05. The van der Waals surface area contributed by atoms with Gasteiger partial charge in [0.1, 0.15) is 11.4 Å². The van der Waals surface area contributed by atoms with Gasteiger partial charge in [-0.25, -0.2) is 4.39 Å². The van der Waals surface area contributed by atoms with Crippen molar-refractivity contribution in [2.75, 3.05) is 13.7 Å². The zero-order valence-corrected chi connectivity index (χ0v) is 11.7.